The van der Waals surface area contributed by atoms with Crippen molar-refractivity contribution < 1.29 is 0 Å². The molecule has 1 rings (SSSR count). The molecule has 0 aliphatic carbocycles. The van der Waals surface area contributed by atoms with Gasteiger partial charge in [0.25, 0.3) is 0 Å². The van der Waals surface area contributed by atoms with Gasteiger partial charge >= 0.3 is 0 Å². The minimum absolute atomic E-state index is 0.320. The summed E-state index contributed by atoms with van der Waals surface area (Å²) in [6.07, 6.45) is 1.14. The molecule has 0 heterocycles. The molecule has 0 amide bonds. The Morgan fingerprint density at radius 1 is 0.895 bits per heavy atom. The van der Waals surface area contributed by atoms with Crippen molar-refractivity contribution >= 4 is 5.57 Å². The molecule has 0 aliphatic heterocycles. The zero-order valence-corrected chi connectivity index (χ0v) is 13.7. The SMILES string of the molecule is CC(C)C(=C(CC(C)(C)C)c1ccccc1)C(C)C. The lowest BCUT2D eigenvalue weighted by molar-refractivity contribution is 0.423. The average Bonchev–Trinajstić information content (AvgIpc) is 2.26. The molecule has 0 aliphatic rings. The fraction of sp³-hybridized carbons (Fsp3) is 0.579. The largest absolute Gasteiger partial charge is 0.0622 e. The second-order valence-electron chi connectivity index (χ2n) is 7.35. The smallest absolute Gasteiger partial charge is 0.0224 e. The average molecular weight is 258 g/mol. The Morgan fingerprint density at radius 3 is 1.74 bits per heavy atom. The molecule has 0 nitrogen and oxygen atoms in total. The summed E-state index contributed by atoms with van der Waals surface area (Å²) < 4.78 is 0. The van der Waals surface area contributed by atoms with Gasteiger partial charge in [-0.2, -0.15) is 0 Å². The highest BCUT2D eigenvalue weighted by molar-refractivity contribution is 5.69. The van der Waals surface area contributed by atoms with Crippen LogP contribution in [0.15, 0.2) is 35.9 Å². The molecule has 0 atom stereocenters. The minimum Gasteiger partial charge on any atom is -0.0622 e. The van der Waals surface area contributed by atoms with E-state index in [9.17, 15) is 0 Å². The van der Waals surface area contributed by atoms with Gasteiger partial charge in [0, 0.05) is 0 Å². The van der Waals surface area contributed by atoms with Crippen molar-refractivity contribution in [3.05, 3.63) is 41.5 Å². The highest BCUT2D eigenvalue weighted by atomic mass is 14.3. The third-order valence-corrected chi connectivity index (χ3v) is 3.42. The van der Waals surface area contributed by atoms with Crippen LogP contribution < -0.4 is 0 Å². The van der Waals surface area contributed by atoms with E-state index in [1.165, 1.54) is 5.56 Å². The van der Waals surface area contributed by atoms with Gasteiger partial charge in [0.15, 0.2) is 0 Å². The molecule has 1 aromatic rings. The van der Waals surface area contributed by atoms with E-state index in [0.29, 0.717) is 17.3 Å². The molecular formula is C19H30. The number of hydrogen-bond donors (Lipinski definition) is 0. The maximum atomic E-state index is 2.33. The summed E-state index contributed by atoms with van der Waals surface area (Å²) in [4.78, 5) is 0. The van der Waals surface area contributed by atoms with Crippen molar-refractivity contribution in [3.8, 4) is 0 Å². The van der Waals surface area contributed by atoms with Crippen LogP contribution >= 0.6 is 0 Å². The van der Waals surface area contributed by atoms with Crippen molar-refractivity contribution in [1.82, 2.24) is 0 Å². The summed E-state index contributed by atoms with van der Waals surface area (Å²) in [5, 5.41) is 0. The maximum Gasteiger partial charge on any atom is -0.0224 e. The molecule has 0 unspecified atom stereocenters. The van der Waals surface area contributed by atoms with Crippen LogP contribution in [0.3, 0.4) is 0 Å². The van der Waals surface area contributed by atoms with E-state index in [0.717, 1.165) is 6.42 Å². The molecule has 0 N–H and O–H groups in total. The quantitative estimate of drug-likeness (QED) is 0.604. The van der Waals surface area contributed by atoms with Gasteiger partial charge in [0.1, 0.15) is 0 Å². The van der Waals surface area contributed by atoms with E-state index in [4.69, 9.17) is 0 Å². The summed E-state index contributed by atoms with van der Waals surface area (Å²) in [5.74, 6) is 1.22. The Bertz CT molecular complexity index is 403. The molecule has 0 radical (unpaired) electrons. The monoisotopic (exact) mass is 258 g/mol. The van der Waals surface area contributed by atoms with Gasteiger partial charge in [0.2, 0.25) is 0 Å². The Morgan fingerprint density at radius 2 is 1.37 bits per heavy atom. The first-order valence-corrected chi connectivity index (χ1v) is 7.50. The highest BCUT2D eigenvalue weighted by Crippen LogP contribution is 2.37. The van der Waals surface area contributed by atoms with E-state index >= 15 is 0 Å². The van der Waals surface area contributed by atoms with Crippen LogP contribution in [0.25, 0.3) is 5.57 Å². The number of allylic oxidation sites excluding steroid dienone is 2. The van der Waals surface area contributed by atoms with Crippen molar-refractivity contribution in [2.75, 3.05) is 0 Å². The van der Waals surface area contributed by atoms with Crippen molar-refractivity contribution in [2.24, 2.45) is 17.3 Å². The fourth-order valence-corrected chi connectivity index (χ4v) is 2.90. The van der Waals surface area contributed by atoms with Crippen LogP contribution in [0.2, 0.25) is 0 Å². The molecule has 0 fully saturated rings. The van der Waals surface area contributed by atoms with Gasteiger partial charge in [-0.1, -0.05) is 84.4 Å². The van der Waals surface area contributed by atoms with Crippen LogP contribution in [0.4, 0.5) is 0 Å². The Hall–Kier alpha value is -1.04. The normalized spacial score (nSPS) is 12.1. The molecule has 19 heavy (non-hydrogen) atoms. The van der Waals surface area contributed by atoms with Gasteiger partial charge in [-0.05, 0) is 34.8 Å². The summed E-state index contributed by atoms with van der Waals surface area (Å²) in [7, 11) is 0. The number of benzene rings is 1. The summed E-state index contributed by atoms with van der Waals surface area (Å²) in [6, 6.07) is 10.9. The summed E-state index contributed by atoms with van der Waals surface area (Å²) in [6.45, 7) is 16.3. The molecular weight excluding hydrogens is 228 g/mol. The van der Waals surface area contributed by atoms with Crippen LogP contribution in [0.5, 0.6) is 0 Å². The first-order chi connectivity index (χ1) is 8.72. The lowest BCUT2D eigenvalue weighted by atomic mass is 9.78. The maximum absolute atomic E-state index is 2.33. The lowest BCUT2D eigenvalue weighted by Crippen LogP contribution is -2.12. The number of rotatable bonds is 4. The predicted molar refractivity (Wildman–Crippen MR) is 87.1 cm³/mol. The highest BCUT2D eigenvalue weighted by Gasteiger charge is 2.21. The molecule has 1 aromatic carbocycles. The Balaban J connectivity index is 3.37. The van der Waals surface area contributed by atoms with E-state index < -0.39 is 0 Å². The summed E-state index contributed by atoms with van der Waals surface area (Å²) in [5.41, 5.74) is 4.88. The van der Waals surface area contributed by atoms with Gasteiger partial charge < -0.3 is 0 Å². The predicted octanol–water partition coefficient (Wildman–Crippen LogP) is 6.19. The molecule has 106 valence electrons. The van der Waals surface area contributed by atoms with E-state index in [-0.39, 0.29) is 0 Å². The third-order valence-electron chi connectivity index (χ3n) is 3.42. The van der Waals surface area contributed by atoms with Crippen LogP contribution in [-0.2, 0) is 0 Å². The topological polar surface area (TPSA) is 0 Å². The zero-order chi connectivity index (χ0) is 14.6. The molecule has 0 aromatic heterocycles. The molecule has 0 heteroatoms. The third kappa shape index (κ3) is 4.86. The zero-order valence-electron chi connectivity index (χ0n) is 13.7. The van der Waals surface area contributed by atoms with Crippen molar-refractivity contribution in [2.45, 2.75) is 54.9 Å². The Kier molecular flexibility index (Phi) is 5.40. The van der Waals surface area contributed by atoms with Gasteiger partial charge in [0.05, 0.1) is 0 Å². The molecule has 0 saturated heterocycles. The van der Waals surface area contributed by atoms with E-state index in [2.05, 4.69) is 78.8 Å². The first kappa shape index (κ1) is 16.0. The van der Waals surface area contributed by atoms with Crippen molar-refractivity contribution in [1.29, 1.82) is 0 Å². The Labute approximate surface area is 119 Å². The van der Waals surface area contributed by atoms with Gasteiger partial charge in [-0.3, -0.25) is 0 Å². The van der Waals surface area contributed by atoms with E-state index in [1.54, 1.807) is 11.1 Å². The lowest BCUT2D eigenvalue weighted by Gasteiger charge is -2.27. The van der Waals surface area contributed by atoms with Crippen LogP contribution in [0.1, 0.15) is 60.5 Å². The second kappa shape index (κ2) is 6.41. The van der Waals surface area contributed by atoms with E-state index in [1.807, 2.05) is 0 Å². The standard InChI is InChI=1S/C19H30/c1-14(2)18(15(3)4)17(13-19(5,6)7)16-11-9-8-10-12-16/h8-12,14-15H,13H2,1-7H3. The van der Waals surface area contributed by atoms with Gasteiger partial charge in [-0.15, -0.1) is 0 Å². The molecule has 0 spiro atoms. The second-order valence-corrected chi connectivity index (χ2v) is 7.35. The summed E-state index contributed by atoms with van der Waals surface area (Å²) >= 11 is 0. The van der Waals surface area contributed by atoms with Crippen molar-refractivity contribution in [3.63, 3.8) is 0 Å². The number of hydrogen-bond acceptors (Lipinski definition) is 0. The molecule has 0 saturated carbocycles. The van der Waals surface area contributed by atoms with Crippen LogP contribution in [0, 0.1) is 17.3 Å². The van der Waals surface area contributed by atoms with Gasteiger partial charge in [-0.25, -0.2) is 0 Å². The van der Waals surface area contributed by atoms with Crippen LogP contribution in [-0.4, -0.2) is 0 Å². The molecule has 0 bridgehead atoms. The fourth-order valence-electron chi connectivity index (χ4n) is 2.90. The minimum atomic E-state index is 0.320. The first-order valence-electron chi connectivity index (χ1n) is 7.50.